The van der Waals surface area contributed by atoms with E-state index in [9.17, 15) is 9.90 Å². The van der Waals surface area contributed by atoms with Gasteiger partial charge in [0.25, 0.3) is 0 Å². The van der Waals surface area contributed by atoms with Crippen LogP contribution in [0.2, 0.25) is 0 Å². The zero-order chi connectivity index (χ0) is 23.5. The van der Waals surface area contributed by atoms with Gasteiger partial charge in [0.2, 0.25) is 5.91 Å². The van der Waals surface area contributed by atoms with Crippen molar-refractivity contribution in [1.82, 2.24) is 15.2 Å². The molecule has 34 heavy (non-hydrogen) atoms. The molecular formula is C28H36N4O2. The number of anilines is 1. The number of aliphatic hydroxyl groups excluding tert-OH is 1. The smallest absolute Gasteiger partial charge is 0.235 e. The Bertz CT molecular complexity index is 1230. The van der Waals surface area contributed by atoms with Crippen LogP contribution in [-0.4, -0.2) is 39.3 Å². The Balaban J connectivity index is 1.29. The van der Waals surface area contributed by atoms with Gasteiger partial charge >= 0.3 is 0 Å². The molecule has 1 aromatic carbocycles. The molecule has 1 unspecified atom stereocenters. The van der Waals surface area contributed by atoms with Crippen LogP contribution in [0.15, 0.2) is 24.3 Å². The first-order chi connectivity index (χ1) is 16.4. The van der Waals surface area contributed by atoms with Crippen LogP contribution >= 0.6 is 0 Å². The van der Waals surface area contributed by atoms with E-state index in [4.69, 9.17) is 0 Å². The van der Waals surface area contributed by atoms with E-state index in [0.29, 0.717) is 17.9 Å². The molecule has 0 bridgehead atoms. The standard InChI is InChI=1S/C28H36N4O2/c1-27(2)11-10-21-24(16-27)30-31-25(21)23-14-18-8-9-20(15-22(18)29-23)32-13-12-28(17-33,26(32)34)19-6-4-3-5-7-19/h8-9,14-15,19,29,33H,3-7,10-13,16-17H2,1-2H3,(H,30,31). The van der Waals surface area contributed by atoms with Crippen LogP contribution in [0.25, 0.3) is 22.3 Å². The Morgan fingerprint density at radius 3 is 2.76 bits per heavy atom. The molecule has 2 aliphatic carbocycles. The molecule has 1 aliphatic heterocycles. The third-order valence-corrected chi connectivity index (χ3v) is 8.95. The minimum Gasteiger partial charge on any atom is -0.395 e. The van der Waals surface area contributed by atoms with Crippen LogP contribution < -0.4 is 4.90 Å². The molecule has 6 rings (SSSR count). The Labute approximate surface area is 201 Å². The van der Waals surface area contributed by atoms with E-state index in [1.54, 1.807) is 0 Å². The first kappa shape index (κ1) is 21.9. The first-order valence-corrected chi connectivity index (χ1v) is 13.0. The van der Waals surface area contributed by atoms with Crippen molar-refractivity contribution >= 4 is 22.5 Å². The van der Waals surface area contributed by atoms with Crippen molar-refractivity contribution in [2.45, 2.75) is 71.6 Å². The van der Waals surface area contributed by atoms with Gasteiger partial charge in [-0.1, -0.05) is 39.2 Å². The monoisotopic (exact) mass is 460 g/mol. The summed E-state index contributed by atoms with van der Waals surface area (Å²) < 4.78 is 0. The van der Waals surface area contributed by atoms with E-state index in [-0.39, 0.29) is 12.5 Å². The van der Waals surface area contributed by atoms with Gasteiger partial charge in [0, 0.05) is 34.4 Å². The fourth-order valence-electron chi connectivity index (χ4n) is 6.83. The molecule has 3 heterocycles. The number of hydrogen-bond acceptors (Lipinski definition) is 3. The molecule has 0 radical (unpaired) electrons. The van der Waals surface area contributed by atoms with Crippen molar-refractivity contribution in [1.29, 1.82) is 0 Å². The van der Waals surface area contributed by atoms with Crippen molar-refractivity contribution in [3.8, 4) is 11.4 Å². The second-order valence-electron chi connectivity index (χ2n) is 11.7. The molecule has 0 spiro atoms. The van der Waals surface area contributed by atoms with E-state index in [1.807, 2.05) is 4.90 Å². The maximum absolute atomic E-state index is 13.6. The normalized spacial score (nSPS) is 25.3. The van der Waals surface area contributed by atoms with Gasteiger partial charge in [0.15, 0.2) is 0 Å². The number of aromatic amines is 2. The van der Waals surface area contributed by atoms with Gasteiger partial charge in [-0.05, 0) is 68.1 Å². The molecule has 1 saturated carbocycles. The highest BCUT2D eigenvalue weighted by atomic mass is 16.3. The van der Waals surface area contributed by atoms with E-state index < -0.39 is 5.41 Å². The number of hydrogen-bond donors (Lipinski definition) is 3. The lowest BCUT2D eigenvalue weighted by Crippen LogP contribution is -2.43. The van der Waals surface area contributed by atoms with Crippen molar-refractivity contribution in [2.24, 2.45) is 16.7 Å². The predicted molar refractivity (Wildman–Crippen MR) is 135 cm³/mol. The number of H-pyrrole nitrogens is 2. The van der Waals surface area contributed by atoms with Crippen LogP contribution in [-0.2, 0) is 17.6 Å². The van der Waals surface area contributed by atoms with Crippen LogP contribution in [0, 0.1) is 16.7 Å². The maximum atomic E-state index is 13.6. The second kappa shape index (κ2) is 7.98. The van der Waals surface area contributed by atoms with E-state index in [2.05, 4.69) is 53.3 Å². The largest absolute Gasteiger partial charge is 0.395 e. The number of fused-ring (bicyclic) bond motifs is 2. The number of carbonyl (C=O) groups excluding carboxylic acids is 1. The van der Waals surface area contributed by atoms with Crippen molar-refractivity contribution < 1.29 is 9.90 Å². The quantitative estimate of drug-likeness (QED) is 0.489. The molecule has 3 N–H and O–H groups in total. The molecule has 2 aromatic heterocycles. The number of nitrogens with zero attached hydrogens (tertiary/aromatic N) is 2. The van der Waals surface area contributed by atoms with E-state index >= 15 is 0 Å². The molecule has 3 aliphatic rings. The summed E-state index contributed by atoms with van der Waals surface area (Å²) in [7, 11) is 0. The van der Waals surface area contributed by atoms with Gasteiger partial charge in [-0.3, -0.25) is 9.89 Å². The molecule has 6 nitrogen and oxygen atoms in total. The fourth-order valence-corrected chi connectivity index (χ4v) is 6.83. The highest BCUT2D eigenvalue weighted by Gasteiger charge is 2.51. The summed E-state index contributed by atoms with van der Waals surface area (Å²) in [4.78, 5) is 19.1. The van der Waals surface area contributed by atoms with Gasteiger partial charge in [-0.25, -0.2) is 0 Å². The Kier molecular flexibility index (Phi) is 5.14. The molecule has 1 atom stereocenters. The summed E-state index contributed by atoms with van der Waals surface area (Å²) in [6.45, 7) is 5.28. The van der Waals surface area contributed by atoms with Crippen molar-refractivity contribution in [2.75, 3.05) is 18.1 Å². The number of carbonyl (C=O) groups is 1. The van der Waals surface area contributed by atoms with Gasteiger partial charge < -0.3 is 15.0 Å². The number of rotatable bonds is 4. The lowest BCUT2D eigenvalue weighted by molar-refractivity contribution is -0.132. The highest BCUT2D eigenvalue weighted by Crippen LogP contribution is 2.47. The third kappa shape index (κ3) is 3.41. The van der Waals surface area contributed by atoms with E-state index in [1.165, 1.54) is 36.9 Å². The Morgan fingerprint density at radius 2 is 1.97 bits per heavy atom. The molecule has 1 amide bonds. The zero-order valence-corrected chi connectivity index (χ0v) is 20.4. The third-order valence-electron chi connectivity index (χ3n) is 8.95. The highest BCUT2D eigenvalue weighted by molar-refractivity contribution is 6.02. The zero-order valence-electron chi connectivity index (χ0n) is 20.4. The minimum atomic E-state index is -0.599. The number of benzene rings is 1. The van der Waals surface area contributed by atoms with Crippen LogP contribution in [0.5, 0.6) is 0 Å². The Morgan fingerprint density at radius 1 is 1.15 bits per heavy atom. The molecule has 2 fully saturated rings. The molecule has 180 valence electrons. The molecule has 3 aromatic rings. The SMILES string of the molecule is CC1(C)CCc2c(-c3cc4ccc(N5CCC(CO)(C6CCCCC6)C5=O)cc4[nH]3)n[nH]c2C1. The van der Waals surface area contributed by atoms with E-state index in [0.717, 1.165) is 60.1 Å². The van der Waals surface area contributed by atoms with Crippen LogP contribution in [0.3, 0.4) is 0 Å². The summed E-state index contributed by atoms with van der Waals surface area (Å²) >= 11 is 0. The number of aromatic nitrogens is 3. The predicted octanol–water partition coefficient (Wildman–Crippen LogP) is 5.37. The summed E-state index contributed by atoms with van der Waals surface area (Å²) in [6.07, 6.45) is 9.70. The van der Waals surface area contributed by atoms with Crippen molar-refractivity contribution in [3.05, 3.63) is 35.5 Å². The van der Waals surface area contributed by atoms with Crippen LogP contribution in [0.4, 0.5) is 5.69 Å². The maximum Gasteiger partial charge on any atom is 0.235 e. The molecule has 6 heteroatoms. The van der Waals surface area contributed by atoms with Gasteiger partial charge in [0.1, 0.15) is 5.69 Å². The summed E-state index contributed by atoms with van der Waals surface area (Å²) in [5.74, 6) is 0.414. The lowest BCUT2D eigenvalue weighted by Gasteiger charge is -2.36. The topological polar surface area (TPSA) is 85.0 Å². The van der Waals surface area contributed by atoms with Gasteiger partial charge in [0.05, 0.1) is 17.7 Å². The second-order valence-corrected chi connectivity index (χ2v) is 11.7. The summed E-state index contributed by atoms with van der Waals surface area (Å²) in [5, 5.41) is 19.4. The fraction of sp³-hybridized carbons (Fsp3) is 0.571. The molecular weight excluding hydrogens is 424 g/mol. The number of aliphatic hydroxyl groups is 1. The van der Waals surface area contributed by atoms with Crippen molar-refractivity contribution in [3.63, 3.8) is 0 Å². The number of amides is 1. The summed E-state index contributed by atoms with van der Waals surface area (Å²) in [6, 6.07) is 8.41. The first-order valence-electron chi connectivity index (χ1n) is 13.0. The number of nitrogens with one attached hydrogen (secondary N) is 2. The lowest BCUT2D eigenvalue weighted by atomic mass is 9.68. The average Bonchev–Trinajstić information content (AvgIpc) is 3.53. The average molecular weight is 461 g/mol. The van der Waals surface area contributed by atoms with Gasteiger partial charge in [-0.2, -0.15) is 5.10 Å². The minimum absolute atomic E-state index is 0.0387. The van der Waals surface area contributed by atoms with Gasteiger partial charge in [-0.15, -0.1) is 0 Å². The van der Waals surface area contributed by atoms with Crippen LogP contribution in [0.1, 0.15) is 70.1 Å². The molecule has 1 saturated heterocycles. The summed E-state index contributed by atoms with van der Waals surface area (Å²) in [5.41, 5.74) is 6.31. The Hall–Kier alpha value is -2.60.